The molecule has 0 spiro atoms. The highest BCUT2D eigenvalue weighted by Crippen LogP contribution is 2.27. The van der Waals surface area contributed by atoms with E-state index in [0.29, 0.717) is 0 Å². The van der Waals surface area contributed by atoms with Gasteiger partial charge in [0.1, 0.15) is 5.82 Å². The average molecular weight is 377 g/mol. The molecule has 0 radical (unpaired) electrons. The van der Waals surface area contributed by atoms with Gasteiger partial charge in [-0.2, -0.15) is 0 Å². The van der Waals surface area contributed by atoms with Crippen molar-refractivity contribution >= 4 is 34.2 Å². The monoisotopic (exact) mass is 376 g/mol. The van der Waals surface area contributed by atoms with E-state index in [1.54, 1.807) is 12.1 Å². The van der Waals surface area contributed by atoms with E-state index in [4.69, 9.17) is 11.6 Å². The number of benzene rings is 1. The molecular formula is C13H11ClFIN2. The van der Waals surface area contributed by atoms with Crippen molar-refractivity contribution in [3.05, 3.63) is 44.6 Å². The van der Waals surface area contributed by atoms with E-state index in [9.17, 15) is 4.39 Å². The zero-order chi connectivity index (χ0) is 13.1. The van der Waals surface area contributed by atoms with E-state index >= 15 is 0 Å². The highest BCUT2D eigenvalue weighted by Gasteiger charge is 2.12. The first-order valence-electron chi connectivity index (χ1n) is 5.59. The van der Waals surface area contributed by atoms with E-state index < -0.39 is 0 Å². The van der Waals surface area contributed by atoms with E-state index in [2.05, 4.69) is 39.5 Å². The lowest BCUT2D eigenvalue weighted by molar-refractivity contribution is 0.628. The van der Waals surface area contributed by atoms with Crippen LogP contribution < -0.4 is 0 Å². The largest absolute Gasteiger partial charge is 0.223 e. The van der Waals surface area contributed by atoms with Gasteiger partial charge in [-0.25, -0.2) is 14.4 Å². The van der Waals surface area contributed by atoms with Gasteiger partial charge in [0.05, 0.1) is 15.0 Å². The second-order valence-electron chi connectivity index (χ2n) is 3.86. The van der Waals surface area contributed by atoms with Crippen molar-refractivity contribution in [2.45, 2.75) is 19.8 Å². The van der Waals surface area contributed by atoms with Crippen molar-refractivity contribution in [1.82, 2.24) is 9.97 Å². The first-order valence-corrected chi connectivity index (χ1v) is 7.05. The van der Waals surface area contributed by atoms with Crippen LogP contribution in [0.1, 0.15) is 19.0 Å². The van der Waals surface area contributed by atoms with Crippen molar-refractivity contribution in [2.24, 2.45) is 0 Å². The zero-order valence-corrected chi connectivity index (χ0v) is 12.7. The van der Waals surface area contributed by atoms with Crippen molar-refractivity contribution in [1.29, 1.82) is 0 Å². The van der Waals surface area contributed by atoms with Gasteiger partial charge in [0.15, 0.2) is 0 Å². The van der Waals surface area contributed by atoms with E-state index in [1.165, 1.54) is 12.1 Å². The molecule has 18 heavy (non-hydrogen) atoms. The van der Waals surface area contributed by atoms with Gasteiger partial charge in [0.25, 0.3) is 0 Å². The van der Waals surface area contributed by atoms with Gasteiger partial charge in [-0.15, -0.1) is 0 Å². The Morgan fingerprint density at radius 2 is 1.89 bits per heavy atom. The minimum atomic E-state index is -0.261. The van der Waals surface area contributed by atoms with Crippen LogP contribution in [0.2, 0.25) is 5.28 Å². The molecule has 0 aliphatic heterocycles. The van der Waals surface area contributed by atoms with Crippen LogP contribution >= 0.6 is 34.2 Å². The summed E-state index contributed by atoms with van der Waals surface area (Å²) in [6.45, 7) is 2.09. The SMILES string of the molecule is CCCc1nc(Cl)nc(-c2ccc(F)cc2)c1I. The molecule has 0 N–H and O–H groups in total. The number of halogens is 3. The second-order valence-corrected chi connectivity index (χ2v) is 5.28. The lowest BCUT2D eigenvalue weighted by Gasteiger charge is -2.08. The molecular weight excluding hydrogens is 366 g/mol. The maximum absolute atomic E-state index is 12.9. The molecule has 0 unspecified atom stereocenters. The number of aromatic nitrogens is 2. The van der Waals surface area contributed by atoms with E-state index in [1.807, 2.05) is 0 Å². The van der Waals surface area contributed by atoms with Crippen LogP contribution in [0, 0.1) is 9.39 Å². The quantitative estimate of drug-likeness (QED) is 0.582. The third-order valence-electron chi connectivity index (χ3n) is 2.50. The van der Waals surface area contributed by atoms with E-state index in [0.717, 1.165) is 33.4 Å². The molecule has 0 saturated carbocycles. The summed E-state index contributed by atoms with van der Waals surface area (Å²) < 4.78 is 13.9. The maximum atomic E-state index is 12.9. The summed E-state index contributed by atoms with van der Waals surface area (Å²) >= 11 is 8.16. The molecule has 94 valence electrons. The summed E-state index contributed by atoms with van der Waals surface area (Å²) in [4.78, 5) is 8.48. The minimum Gasteiger partial charge on any atom is -0.222 e. The molecule has 0 amide bonds. The predicted molar refractivity (Wildman–Crippen MR) is 79.1 cm³/mol. The lowest BCUT2D eigenvalue weighted by atomic mass is 10.1. The fourth-order valence-corrected chi connectivity index (χ4v) is 2.67. The molecule has 5 heteroatoms. The lowest BCUT2D eigenvalue weighted by Crippen LogP contribution is -2.00. The van der Waals surface area contributed by atoms with Crippen LogP contribution in [-0.2, 0) is 6.42 Å². The Labute approximate surface area is 124 Å². The number of aryl methyl sites for hydroxylation is 1. The third kappa shape index (κ3) is 2.98. The molecule has 1 aromatic heterocycles. The third-order valence-corrected chi connectivity index (χ3v) is 3.80. The fourth-order valence-electron chi connectivity index (χ4n) is 1.66. The van der Waals surface area contributed by atoms with Crippen molar-refractivity contribution in [3.63, 3.8) is 0 Å². The highest BCUT2D eigenvalue weighted by molar-refractivity contribution is 14.1. The number of rotatable bonds is 3. The van der Waals surface area contributed by atoms with Crippen molar-refractivity contribution in [2.75, 3.05) is 0 Å². The molecule has 0 fully saturated rings. The Hall–Kier alpha value is -0.750. The number of hydrogen-bond acceptors (Lipinski definition) is 2. The molecule has 2 aromatic rings. The Morgan fingerprint density at radius 3 is 2.50 bits per heavy atom. The van der Waals surface area contributed by atoms with Crippen LogP contribution in [0.15, 0.2) is 24.3 Å². The number of nitrogens with zero attached hydrogens (tertiary/aromatic N) is 2. The Balaban J connectivity index is 2.53. The van der Waals surface area contributed by atoms with Gasteiger partial charge in [-0.3, -0.25) is 0 Å². The molecule has 0 aliphatic rings. The van der Waals surface area contributed by atoms with Gasteiger partial charge in [-0.1, -0.05) is 13.3 Å². The standard InChI is InChI=1S/C13H11ClFIN2/c1-2-3-10-11(16)12(18-13(14)17-10)8-4-6-9(15)7-5-8/h4-7H,2-3H2,1H3. The Kier molecular flexibility index (Phi) is 4.50. The van der Waals surface area contributed by atoms with Crippen LogP contribution in [0.25, 0.3) is 11.3 Å². The first kappa shape index (κ1) is 13.7. The molecule has 0 atom stereocenters. The van der Waals surface area contributed by atoms with Crippen LogP contribution in [0.3, 0.4) is 0 Å². The van der Waals surface area contributed by atoms with Gasteiger partial charge < -0.3 is 0 Å². The average Bonchev–Trinajstić information content (AvgIpc) is 2.35. The van der Waals surface area contributed by atoms with Gasteiger partial charge in [0.2, 0.25) is 5.28 Å². The molecule has 0 saturated heterocycles. The van der Waals surface area contributed by atoms with Crippen LogP contribution in [0.5, 0.6) is 0 Å². The first-order chi connectivity index (χ1) is 8.61. The Morgan fingerprint density at radius 1 is 1.22 bits per heavy atom. The van der Waals surface area contributed by atoms with Crippen molar-refractivity contribution in [3.8, 4) is 11.3 Å². The maximum Gasteiger partial charge on any atom is 0.223 e. The van der Waals surface area contributed by atoms with Crippen LogP contribution in [-0.4, -0.2) is 9.97 Å². The summed E-state index contributed by atoms with van der Waals surface area (Å²) in [6.07, 6.45) is 1.85. The zero-order valence-electron chi connectivity index (χ0n) is 9.75. The highest BCUT2D eigenvalue weighted by atomic mass is 127. The topological polar surface area (TPSA) is 25.8 Å². The second kappa shape index (κ2) is 5.93. The smallest absolute Gasteiger partial charge is 0.222 e. The summed E-state index contributed by atoms with van der Waals surface area (Å²) in [6, 6.07) is 6.24. The summed E-state index contributed by atoms with van der Waals surface area (Å²) in [5.74, 6) is -0.261. The molecule has 0 bridgehead atoms. The summed E-state index contributed by atoms with van der Waals surface area (Å²) in [5, 5.41) is 0.234. The molecule has 1 aromatic carbocycles. The van der Waals surface area contributed by atoms with Crippen molar-refractivity contribution < 1.29 is 4.39 Å². The fraction of sp³-hybridized carbons (Fsp3) is 0.231. The van der Waals surface area contributed by atoms with E-state index in [-0.39, 0.29) is 11.1 Å². The molecule has 2 nitrogen and oxygen atoms in total. The normalized spacial score (nSPS) is 10.7. The predicted octanol–water partition coefficient (Wildman–Crippen LogP) is 4.49. The number of hydrogen-bond donors (Lipinski definition) is 0. The summed E-state index contributed by atoms with van der Waals surface area (Å²) in [5.41, 5.74) is 2.55. The van der Waals surface area contributed by atoms with Gasteiger partial charge in [0, 0.05) is 5.56 Å². The molecule has 2 rings (SSSR count). The van der Waals surface area contributed by atoms with Gasteiger partial charge >= 0.3 is 0 Å². The molecule has 0 aliphatic carbocycles. The van der Waals surface area contributed by atoms with Gasteiger partial charge in [-0.05, 0) is 64.9 Å². The summed E-state index contributed by atoms with van der Waals surface area (Å²) in [7, 11) is 0. The van der Waals surface area contributed by atoms with Crippen LogP contribution in [0.4, 0.5) is 4.39 Å². The minimum absolute atomic E-state index is 0.234. The molecule has 1 heterocycles. The Bertz CT molecular complexity index is 558.